The minimum absolute atomic E-state index is 0.631. The number of fused-ring (bicyclic) bond motifs is 2. The lowest BCUT2D eigenvalue weighted by molar-refractivity contribution is 0.533. The van der Waals surface area contributed by atoms with Gasteiger partial charge >= 0.3 is 0 Å². The van der Waals surface area contributed by atoms with Gasteiger partial charge in [0.05, 0.1) is 5.39 Å². The molecule has 0 spiro atoms. The van der Waals surface area contributed by atoms with E-state index in [0.717, 1.165) is 60.2 Å². The maximum absolute atomic E-state index is 4.74. The molecule has 3 aromatic rings. The Labute approximate surface area is 152 Å². The summed E-state index contributed by atoms with van der Waals surface area (Å²) >= 11 is 0. The fraction of sp³-hybridized carbons (Fsp3) is 0.421. The Kier molecular flexibility index (Phi) is 3.48. The summed E-state index contributed by atoms with van der Waals surface area (Å²) in [5, 5.41) is 1.04. The molecule has 0 amide bonds. The second-order valence-corrected chi connectivity index (χ2v) is 7.33. The molecule has 0 bridgehead atoms. The molecule has 0 radical (unpaired) electrons. The summed E-state index contributed by atoms with van der Waals surface area (Å²) in [5.74, 6) is 4.15. The zero-order valence-electron chi connectivity index (χ0n) is 15.0. The fourth-order valence-corrected chi connectivity index (χ4v) is 4.36. The lowest BCUT2D eigenvalue weighted by Crippen LogP contribution is -2.30. The third-order valence-electron chi connectivity index (χ3n) is 5.52. The summed E-state index contributed by atoms with van der Waals surface area (Å²) in [7, 11) is 0. The predicted octanol–water partition coefficient (Wildman–Crippen LogP) is 2.00. The SMILES string of the molecule is Cc1nc(N2CC3CN(c4ncncc4C)CC3C2)c2cccnc2n1. The van der Waals surface area contributed by atoms with Gasteiger partial charge in [-0.1, -0.05) is 0 Å². The molecule has 3 aromatic heterocycles. The number of anilines is 2. The molecule has 5 heterocycles. The van der Waals surface area contributed by atoms with Crippen LogP contribution >= 0.6 is 0 Å². The molecule has 0 saturated carbocycles. The molecular weight excluding hydrogens is 326 g/mol. The summed E-state index contributed by atoms with van der Waals surface area (Å²) in [4.78, 5) is 27.0. The molecule has 2 unspecified atom stereocenters. The van der Waals surface area contributed by atoms with E-state index in [4.69, 9.17) is 4.98 Å². The minimum Gasteiger partial charge on any atom is -0.356 e. The van der Waals surface area contributed by atoms with E-state index in [9.17, 15) is 0 Å². The van der Waals surface area contributed by atoms with Crippen LogP contribution in [0, 0.1) is 25.7 Å². The zero-order chi connectivity index (χ0) is 17.7. The smallest absolute Gasteiger partial charge is 0.164 e. The first kappa shape index (κ1) is 15.4. The highest BCUT2D eigenvalue weighted by atomic mass is 15.3. The van der Waals surface area contributed by atoms with Crippen LogP contribution in [0.15, 0.2) is 30.9 Å². The molecule has 132 valence electrons. The standard InChI is InChI=1S/C19H21N7/c1-12-6-20-11-22-18(12)25-7-14-9-26(10-15(14)8-25)19-16-4-3-5-21-17(16)23-13(2)24-19/h3-6,11,14-15H,7-10H2,1-2H3. The normalized spacial score (nSPS) is 22.2. The highest BCUT2D eigenvalue weighted by Crippen LogP contribution is 2.37. The first-order valence-electron chi connectivity index (χ1n) is 9.05. The lowest BCUT2D eigenvalue weighted by Gasteiger charge is -2.24. The summed E-state index contributed by atoms with van der Waals surface area (Å²) in [5.41, 5.74) is 1.93. The fourth-order valence-electron chi connectivity index (χ4n) is 4.36. The number of aromatic nitrogens is 5. The minimum atomic E-state index is 0.631. The maximum Gasteiger partial charge on any atom is 0.164 e. The van der Waals surface area contributed by atoms with Crippen LogP contribution in [0.1, 0.15) is 11.4 Å². The lowest BCUT2D eigenvalue weighted by atomic mass is 10.0. The van der Waals surface area contributed by atoms with Crippen molar-refractivity contribution < 1.29 is 0 Å². The third kappa shape index (κ3) is 2.46. The van der Waals surface area contributed by atoms with Crippen molar-refractivity contribution in [1.29, 1.82) is 0 Å². The van der Waals surface area contributed by atoms with Gasteiger partial charge in [-0.15, -0.1) is 0 Å². The van der Waals surface area contributed by atoms with Crippen LogP contribution < -0.4 is 9.80 Å². The molecule has 2 aliphatic heterocycles. The molecule has 0 aromatic carbocycles. The molecule has 0 aliphatic carbocycles. The van der Waals surface area contributed by atoms with Crippen LogP contribution in [0.5, 0.6) is 0 Å². The number of pyridine rings is 1. The monoisotopic (exact) mass is 347 g/mol. The molecule has 2 saturated heterocycles. The van der Waals surface area contributed by atoms with Crippen LogP contribution in [0.2, 0.25) is 0 Å². The zero-order valence-corrected chi connectivity index (χ0v) is 15.0. The summed E-state index contributed by atoms with van der Waals surface area (Å²) in [6.07, 6.45) is 5.33. The Bertz CT molecular complexity index is 959. The molecule has 2 atom stereocenters. The van der Waals surface area contributed by atoms with E-state index in [1.807, 2.05) is 19.2 Å². The van der Waals surface area contributed by atoms with Gasteiger partial charge in [-0.05, 0) is 26.0 Å². The molecule has 2 aliphatic rings. The molecule has 5 rings (SSSR count). The average molecular weight is 347 g/mol. The molecule has 7 heteroatoms. The Morgan fingerprint density at radius 2 is 1.65 bits per heavy atom. The van der Waals surface area contributed by atoms with Gasteiger partial charge in [0, 0.05) is 56.0 Å². The van der Waals surface area contributed by atoms with Crippen LogP contribution in [-0.4, -0.2) is 51.1 Å². The molecule has 0 N–H and O–H groups in total. The summed E-state index contributed by atoms with van der Waals surface area (Å²) < 4.78 is 0. The predicted molar refractivity (Wildman–Crippen MR) is 100 cm³/mol. The first-order chi connectivity index (χ1) is 12.7. The summed E-state index contributed by atoms with van der Waals surface area (Å²) in [6.45, 7) is 8.14. The molecule has 2 fully saturated rings. The first-order valence-corrected chi connectivity index (χ1v) is 9.05. The van der Waals surface area contributed by atoms with E-state index in [0.29, 0.717) is 11.8 Å². The summed E-state index contributed by atoms with van der Waals surface area (Å²) in [6, 6.07) is 4.03. The van der Waals surface area contributed by atoms with E-state index in [2.05, 4.69) is 42.7 Å². The van der Waals surface area contributed by atoms with Crippen LogP contribution in [0.4, 0.5) is 11.6 Å². The van der Waals surface area contributed by atoms with Crippen molar-refractivity contribution in [3.63, 3.8) is 0 Å². The molecule has 7 nitrogen and oxygen atoms in total. The third-order valence-corrected chi connectivity index (χ3v) is 5.52. The second kappa shape index (κ2) is 5.86. The number of rotatable bonds is 2. The van der Waals surface area contributed by atoms with Gasteiger partial charge in [-0.25, -0.2) is 24.9 Å². The number of hydrogen-bond donors (Lipinski definition) is 0. The molecular formula is C19H21N7. The Hall–Kier alpha value is -2.83. The van der Waals surface area contributed by atoms with Crippen molar-refractivity contribution in [2.24, 2.45) is 11.8 Å². The van der Waals surface area contributed by atoms with Gasteiger partial charge in [0.1, 0.15) is 23.8 Å². The highest BCUT2D eigenvalue weighted by Gasteiger charge is 2.41. The van der Waals surface area contributed by atoms with Gasteiger partial charge < -0.3 is 9.80 Å². The van der Waals surface area contributed by atoms with Crippen molar-refractivity contribution in [2.75, 3.05) is 36.0 Å². The molecule has 26 heavy (non-hydrogen) atoms. The van der Waals surface area contributed by atoms with E-state index in [-0.39, 0.29) is 0 Å². The van der Waals surface area contributed by atoms with Gasteiger partial charge in [0.2, 0.25) is 0 Å². The van der Waals surface area contributed by atoms with Gasteiger partial charge in [-0.2, -0.15) is 0 Å². The Balaban J connectivity index is 1.40. The van der Waals surface area contributed by atoms with E-state index in [1.54, 1.807) is 12.5 Å². The van der Waals surface area contributed by atoms with E-state index in [1.165, 1.54) is 0 Å². The van der Waals surface area contributed by atoms with Crippen LogP contribution in [0.3, 0.4) is 0 Å². The number of aryl methyl sites for hydroxylation is 2. The Morgan fingerprint density at radius 1 is 0.923 bits per heavy atom. The van der Waals surface area contributed by atoms with Crippen molar-refractivity contribution in [1.82, 2.24) is 24.9 Å². The average Bonchev–Trinajstić information content (AvgIpc) is 3.20. The van der Waals surface area contributed by atoms with Gasteiger partial charge in [0.15, 0.2) is 5.65 Å². The second-order valence-electron chi connectivity index (χ2n) is 7.33. The van der Waals surface area contributed by atoms with E-state index >= 15 is 0 Å². The van der Waals surface area contributed by atoms with E-state index < -0.39 is 0 Å². The topological polar surface area (TPSA) is 70.9 Å². The van der Waals surface area contributed by atoms with Crippen LogP contribution in [-0.2, 0) is 0 Å². The number of nitrogens with zero attached hydrogens (tertiary/aromatic N) is 7. The van der Waals surface area contributed by atoms with Crippen LogP contribution in [0.25, 0.3) is 11.0 Å². The number of hydrogen-bond acceptors (Lipinski definition) is 7. The largest absolute Gasteiger partial charge is 0.356 e. The quantitative estimate of drug-likeness (QED) is 0.702. The van der Waals surface area contributed by atoms with Gasteiger partial charge in [-0.3, -0.25) is 0 Å². The van der Waals surface area contributed by atoms with Crippen molar-refractivity contribution >= 4 is 22.7 Å². The van der Waals surface area contributed by atoms with Crippen molar-refractivity contribution in [2.45, 2.75) is 13.8 Å². The van der Waals surface area contributed by atoms with Crippen molar-refractivity contribution in [3.8, 4) is 0 Å². The highest BCUT2D eigenvalue weighted by molar-refractivity contribution is 5.87. The van der Waals surface area contributed by atoms with Gasteiger partial charge in [0.25, 0.3) is 0 Å². The maximum atomic E-state index is 4.74. The Morgan fingerprint density at radius 3 is 2.38 bits per heavy atom. The van der Waals surface area contributed by atoms with Crippen molar-refractivity contribution in [3.05, 3.63) is 42.2 Å².